The first-order valence-electron chi connectivity index (χ1n) is 4.75. The highest BCUT2D eigenvalue weighted by Gasteiger charge is 1.93. The Morgan fingerprint density at radius 2 is 2.07 bits per heavy atom. The topological polar surface area (TPSA) is 29.1 Å². The van der Waals surface area contributed by atoms with Crippen LogP contribution in [0.5, 0.6) is 0 Å². The van der Waals surface area contributed by atoms with Crippen molar-refractivity contribution in [3.05, 3.63) is 42.0 Å². The van der Waals surface area contributed by atoms with Crippen molar-refractivity contribution in [1.29, 1.82) is 0 Å². The van der Waals surface area contributed by atoms with Gasteiger partial charge in [-0.15, -0.1) is 0 Å². The molecule has 0 saturated carbocycles. The van der Waals surface area contributed by atoms with Gasteiger partial charge in [-0.2, -0.15) is 0 Å². The molecular formula is C12H15NO. The molecule has 0 bridgehead atoms. The summed E-state index contributed by atoms with van der Waals surface area (Å²) in [6.07, 6.45) is 5.39. The van der Waals surface area contributed by atoms with E-state index in [2.05, 4.69) is 5.32 Å². The van der Waals surface area contributed by atoms with Crippen molar-refractivity contribution in [2.24, 2.45) is 0 Å². The lowest BCUT2D eigenvalue weighted by Crippen LogP contribution is -2.16. The first kappa shape index (κ1) is 10.5. The summed E-state index contributed by atoms with van der Waals surface area (Å²) in [5, 5.41) is 2.59. The van der Waals surface area contributed by atoms with Crippen LogP contribution in [0.1, 0.15) is 18.4 Å². The number of hydrogen-bond donors (Lipinski definition) is 1. The van der Waals surface area contributed by atoms with Crippen molar-refractivity contribution < 1.29 is 4.79 Å². The molecule has 0 radical (unpaired) electrons. The third-order valence-electron chi connectivity index (χ3n) is 1.93. The first-order valence-corrected chi connectivity index (χ1v) is 4.75. The zero-order valence-corrected chi connectivity index (χ0v) is 8.36. The van der Waals surface area contributed by atoms with Gasteiger partial charge in [-0.3, -0.25) is 4.79 Å². The molecule has 0 aliphatic rings. The molecule has 0 spiro atoms. The molecule has 0 fully saturated rings. The maximum absolute atomic E-state index is 10.9. The highest BCUT2D eigenvalue weighted by molar-refractivity contribution is 5.75. The van der Waals surface area contributed by atoms with E-state index in [1.54, 1.807) is 7.05 Å². The van der Waals surface area contributed by atoms with Gasteiger partial charge in [-0.25, -0.2) is 0 Å². The number of allylic oxidation sites excluding steroid dienone is 1. The molecule has 74 valence electrons. The fraction of sp³-hybridized carbons (Fsp3) is 0.250. The van der Waals surface area contributed by atoms with Crippen LogP contribution in [-0.2, 0) is 4.79 Å². The van der Waals surface area contributed by atoms with E-state index in [1.807, 2.05) is 42.5 Å². The van der Waals surface area contributed by atoms with Gasteiger partial charge in [-0.05, 0) is 12.0 Å². The molecular weight excluding hydrogens is 174 g/mol. The van der Waals surface area contributed by atoms with Crippen LogP contribution in [0.25, 0.3) is 6.08 Å². The molecule has 0 aliphatic carbocycles. The van der Waals surface area contributed by atoms with Crippen molar-refractivity contribution in [3.8, 4) is 0 Å². The van der Waals surface area contributed by atoms with Crippen LogP contribution in [-0.4, -0.2) is 13.0 Å². The van der Waals surface area contributed by atoms with Crippen LogP contribution >= 0.6 is 0 Å². The summed E-state index contributed by atoms with van der Waals surface area (Å²) in [5.41, 5.74) is 1.17. The van der Waals surface area contributed by atoms with E-state index in [1.165, 1.54) is 5.56 Å². The largest absolute Gasteiger partial charge is 0.359 e. The second kappa shape index (κ2) is 5.97. The van der Waals surface area contributed by atoms with Crippen molar-refractivity contribution in [2.45, 2.75) is 12.8 Å². The molecule has 1 rings (SSSR count). The van der Waals surface area contributed by atoms with Crippen molar-refractivity contribution in [3.63, 3.8) is 0 Å². The zero-order valence-electron chi connectivity index (χ0n) is 8.36. The third-order valence-corrected chi connectivity index (χ3v) is 1.93. The molecule has 0 atom stereocenters. The Hall–Kier alpha value is -1.57. The minimum Gasteiger partial charge on any atom is -0.359 e. The van der Waals surface area contributed by atoms with Gasteiger partial charge in [-0.1, -0.05) is 42.5 Å². The summed E-state index contributed by atoms with van der Waals surface area (Å²) < 4.78 is 0. The molecule has 1 aromatic carbocycles. The van der Waals surface area contributed by atoms with Crippen LogP contribution < -0.4 is 5.32 Å². The van der Waals surface area contributed by atoms with E-state index in [4.69, 9.17) is 0 Å². The Bertz CT molecular complexity index is 303. The summed E-state index contributed by atoms with van der Waals surface area (Å²) in [4.78, 5) is 10.9. The third kappa shape index (κ3) is 3.90. The van der Waals surface area contributed by atoms with Crippen molar-refractivity contribution in [2.75, 3.05) is 7.05 Å². The van der Waals surface area contributed by atoms with Crippen molar-refractivity contribution in [1.82, 2.24) is 5.32 Å². The molecule has 1 aromatic rings. The normalized spacial score (nSPS) is 10.4. The first-order chi connectivity index (χ1) is 6.83. The number of rotatable bonds is 4. The maximum atomic E-state index is 10.9. The van der Waals surface area contributed by atoms with Gasteiger partial charge < -0.3 is 5.32 Å². The lowest BCUT2D eigenvalue weighted by Gasteiger charge is -1.94. The predicted octanol–water partition coefficient (Wildman–Crippen LogP) is 2.23. The van der Waals surface area contributed by atoms with Gasteiger partial charge in [0.05, 0.1) is 0 Å². The van der Waals surface area contributed by atoms with Crippen LogP contribution in [0.3, 0.4) is 0 Å². The SMILES string of the molecule is CNC(=O)CC/C=C/c1ccccc1. The molecule has 0 heterocycles. The predicted molar refractivity (Wildman–Crippen MR) is 58.8 cm³/mol. The molecule has 0 aliphatic heterocycles. The lowest BCUT2D eigenvalue weighted by molar-refractivity contribution is -0.120. The van der Waals surface area contributed by atoms with Gasteiger partial charge in [0.2, 0.25) is 5.91 Å². The number of carbonyl (C=O) groups is 1. The fourth-order valence-corrected chi connectivity index (χ4v) is 1.12. The van der Waals surface area contributed by atoms with Crippen LogP contribution in [0.15, 0.2) is 36.4 Å². The molecule has 0 saturated heterocycles. The van der Waals surface area contributed by atoms with Gasteiger partial charge in [0.15, 0.2) is 0 Å². The molecule has 2 heteroatoms. The number of benzene rings is 1. The Kier molecular flexibility index (Phi) is 4.48. The summed E-state index contributed by atoms with van der Waals surface area (Å²) in [5.74, 6) is 0.0858. The molecule has 0 aromatic heterocycles. The Labute approximate surface area is 84.6 Å². The van der Waals surface area contributed by atoms with Crippen LogP contribution in [0, 0.1) is 0 Å². The van der Waals surface area contributed by atoms with E-state index >= 15 is 0 Å². The number of carbonyl (C=O) groups excluding carboxylic acids is 1. The summed E-state index contributed by atoms with van der Waals surface area (Å²) in [7, 11) is 1.66. The molecule has 1 amide bonds. The number of hydrogen-bond acceptors (Lipinski definition) is 1. The van der Waals surface area contributed by atoms with E-state index in [-0.39, 0.29) is 5.91 Å². The molecule has 0 unspecified atom stereocenters. The van der Waals surface area contributed by atoms with Crippen LogP contribution in [0.4, 0.5) is 0 Å². The maximum Gasteiger partial charge on any atom is 0.220 e. The smallest absolute Gasteiger partial charge is 0.220 e. The minimum absolute atomic E-state index is 0.0858. The standard InChI is InChI=1S/C12H15NO/c1-13-12(14)10-6-5-9-11-7-3-2-4-8-11/h2-5,7-9H,6,10H2,1H3,(H,13,14)/b9-5+. The van der Waals surface area contributed by atoms with Gasteiger partial charge >= 0.3 is 0 Å². The monoisotopic (exact) mass is 189 g/mol. The van der Waals surface area contributed by atoms with E-state index in [9.17, 15) is 4.79 Å². The van der Waals surface area contributed by atoms with Gasteiger partial charge in [0, 0.05) is 13.5 Å². The highest BCUT2D eigenvalue weighted by atomic mass is 16.1. The Morgan fingerprint density at radius 1 is 1.36 bits per heavy atom. The fourth-order valence-electron chi connectivity index (χ4n) is 1.12. The van der Waals surface area contributed by atoms with Gasteiger partial charge in [0.25, 0.3) is 0 Å². The lowest BCUT2D eigenvalue weighted by atomic mass is 10.2. The molecule has 1 N–H and O–H groups in total. The van der Waals surface area contributed by atoms with Crippen molar-refractivity contribution >= 4 is 12.0 Å². The average Bonchev–Trinajstić information content (AvgIpc) is 2.25. The molecule has 2 nitrogen and oxygen atoms in total. The zero-order chi connectivity index (χ0) is 10.2. The van der Waals surface area contributed by atoms with Crippen LogP contribution in [0.2, 0.25) is 0 Å². The van der Waals surface area contributed by atoms with Gasteiger partial charge in [0.1, 0.15) is 0 Å². The summed E-state index contributed by atoms with van der Waals surface area (Å²) in [6, 6.07) is 10.1. The highest BCUT2D eigenvalue weighted by Crippen LogP contribution is 2.02. The van der Waals surface area contributed by atoms with E-state index in [0.29, 0.717) is 6.42 Å². The summed E-state index contributed by atoms with van der Waals surface area (Å²) in [6.45, 7) is 0. The average molecular weight is 189 g/mol. The Morgan fingerprint density at radius 3 is 2.71 bits per heavy atom. The molecule has 14 heavy (non-hydrogen) atoms. The second-order valence-electron chi connectivity index (χ2n) is 3.02. The minimum atomic E-state index is 0.0858. The number of amides is 1. The summed E-state index contributed by atoms with van der Waals surface area (Å²) >= 11 is 0. The second-order valence-corrected chi connectivity index (χ2v) is 3.02. The van der Waals surface area contributed by atoms with E-state index < -0.39 is 0 Å². The van der Waals surface area contributed by atoms with E-state index in [0.717, 1.165) is 6.42 Å². The number of nitrogens with one attached hydrogen (secondary N) is 1. The quantitative estimate of drug-likeness (QED) is 0.773. The Balaban J connectivity index is 2.31.